The van der Waals surface area contributed by atoms with E-state index in [0.29, 0.717) is 18.2 Å². The summed E-state index contributed by atoms with van der Waals surface area (Å²) < 4.78 is 5.26. The summed E-state index contributed by atoms with van der Waals surface area (Å²) in [5, 5.41) is 2.85. The number of hydrogen-bond acceptors (Lipinski definition) is 5. The van der Waals surface area contributed by atoms with Gasteiger partial charge in [0, 0.05) is 25.8 Å². The summed E-state index contributed by atoms with van der Waals surface area (Å²) in [7, 11) is 0. The van der Waals surface area contributed by atoms with E-state index in [0.717, 1.165) is 30.8 Å². The Kier molecular flexibility index (Phi) is 4.78. The summed E-state index contributed by atoms with van der Waals surface area (Å²) in [5.74, 6) is 0.402. The van der Waals surface area contributed by atoms with Gasteiger partial charge < -0.3 is 20.7 Å². The monoisotopic (exact) mass is 306 g/mol. The number of aryl methyl sites for hydroxylation is 1. The highest BCUT2D eigenvalue weighted by Crippen LogP contribution is 2.30. The van der Waals surface area contributed by atoms with Crippen molar-refractivity contribution in [1.29, 1.82) is 0 Å². The molecule has 6 nitrogen and oxygen atoms in total. The topological polar surface area (TPSA) is 80.5 Å². The summed E-state index contributed by atoms with van der Waals surface area (Å²) in [6.45, 7) is 10.0. The Hall–Kier alpha value is -1.98. The van der Waals surface area contributed by atoms with E-state index in [9.17, 15) is 4.79 Å². The number of nitrogens with zero attached hydrogens (tertiary/aromatic N) is 2. The molecule has 1 aromatic heterocycles. The Morgan fingerprint density at radius 3 is 2.86 bits per heavy atom. The third-order valence-electron chi connectivity index (χ3n) is 3.66. The highest BCUT2D eigenvalue weighted by Gasteiger charge is 2.26. The van der Waals surface area contributed by atoms with E-state index in [1.165, 1.54) is 0 Å². The summed E-state index contributed by atoms with van der Waals surface area (Å²) >= 11 is 0. The van der Waals surface area contributed by atoms with Crippen LogP contribution in [-0.2, 0) is 4.74 Å². The lowest BCUT2D eigenvalue weighted by atomic mass is 10.1. The molecule has 0 bridgehead atoms. The zero-order valence-corrected chi connectivity index (χ0v) is 13.8. The van der Waals surface area contributed by atoms with Crippen molar-refractivity contribution >= 4 is 17.5 Å². The molecule has 1 saturated heterocycles. The van der Waals surface area contributed by atoms with Crippen LogP contribution >= 0.6 is 0 Å². The number of rotatable bonds is 3. The molecule has 1 unspecified atom stereocenters. The average molecular weight is 306 g/mol. The van der Waals surface area contributed by atoms with Crippen molar-refractivity contribution in [2.75, 3.05) is 30.3 Å². The normalized spacial score (nSPS) is 18.4. The minimum atomic E-state index is -0.464. The number of carbonyl (C=O) groups excluding carboxylic acids is 1. The van der Waals surface area contributed by atoms with E-state index >= 15 is 0 Å². The summed E-state index contributed by atoms with van der Waals surface area (Å²) in [5.41, 5.74) is 8.44. The van der Waals surface area contributed by atoms with Crippen molar-refractivity contribution in [1.82, 2.24) is 10.3 Å². The fourth-order valence-corrected chi connectivity index (χ4v) is 2.76. The molecule has 2 rings (SSSR count). The molecule has 0 aromatic carbocycles. The van der Waals surface area contributed by atoms with Gasteiger partial charge in [0.05, 0.1) is 17.6 Å². The van der Waals surface area contributed by atoms with Crippen LogP contribution in [0.2, 0.25) is 0 Å². The van der Waals surface area contributed by atoms with Gasteiger partial charge >= 0.3 is 6.09 Å². The van der Waals surface area contributed by atoms with Gasteiger partial charge in [0.2, 0.25) is 0 Å². The lowest BCUT2D eigenvalue weighted by Crippen LogP contribution is -2.36. The summed E-state index contributed by atoms with van der Waals surface area (Å²) in [6.07, 6.45) is 4.19. The van der Waals surface area contributed by atoms with Crippen LogP contribution in [0, 0.1) is 12.8 Å². The Labute approximate surface area is 132 Å². The quantitative estimate of drug-likeness (QED) is 0.896. The van der Waals surface area contributed by atoms with Crippen LogP contribution in [0.3, 0.4) is 0 Å². The highest BCUT2D eigenvalue weighted by molar-refractivity contribution is 5.70. The standard InChI is InChI=1S/C16H26N4O2/c1-11-7-18-9-13(17)14(11)20-6-5-12(10-20)8-19-15(21)22-16(2,3)4/h7,9,12H,5-6,8,10,17H2,1-4H3,(H,19,21). The van der Waals surface area contributed by atoms with Crippen LogP contribution in [0.25, 0.3) is 0 Å². The number of carbonyl (C=O) groups is 1. The van der Waals surface area contributed by atoms with E-state index in [1.54, 1.807) is 6.20 Å². The van der Waals surface area contributed by atoms with Crippen LogP contribution in [0.1, 0.15) is 32.8 Å². The van der Waals surface area contributed by atoms with Crippen molar-refractivity contribution in [2.45, 2.75) is 39.7 Å². The largest absolute Gasteiger partial charge is 0.444 e. The van der Waals surface area contributed by atoms with Gasteiger partial charge in [-0.25, -0.2) is 4.79 Å². The predicted octanol–water partition coefficient (Wildman–Crippen LogP) is 2.32. The fourth-order valence-electron chi connectivity index (χ4n) is 2.76. The second-order valence-electron chi connectivity index (χ2n) is 6.88. The van der Waals surface area contributed by atoms with E-state index < -0.39 is 5.60 Å². The average Bonchev–Trinajstić information content (AvgIpc) is 2.83. The molecule has 1 aromatic rings. The van der Waals surface area contributed by atoms with Gasteiger partial charge in [0.1, 0.15) is 5.60 Å². The van der Waals surface area contributed by atoms with Crippen LogP contribution < -0.4 is 16.0 Å². The first kappa shape index (κ1) is 16.4. The minimum Gasteiger partial charge on any atom is -0.444 e. The van der Waals surface area contributed by atoms with Crippen molar-refractivity contribution in [3.63, 3.8) is 0 Å². The minimum absolute atomic E-state index is 0.356. The molecule has 1 aliphatic heterocycles. The van der Waals surface area contributed by atoms with E-state index in [4.69, 9.17) is 10.5 Å². The van der Waals surface area contributed by atoms with Gasteiger partial charge in [-0.3, -0.25) is 4.98 Å². The molecule has 22 heavy (non-hydrogen) atoms. The number of anilines is 2. The maximum atomic E-state index is 11.7. The predicted molar refractivity (Wildman–Crippen MR) is 87.9 cm³/mol. The number of amides is 1. The second-order valence-corrected chi connectivity index (χ2v) is 6.88. The summed E-state index contributed by atoms with van der Waals surface area (Å²) in [4.78, 5) is 18.1. The van der Waals surface area contributed by atoms with Crippen molar-refractivity contribution in [2.24, 2.45) is 5.92 Å². The van der Waals surface area contributed by atoms with Gasteiger partial charge in [0.25, 0.3) is 0 Å². The number of alkyl carbamates (subject to hydrolysis) is 1. The SMILES string of the molecule is Cc1cncc(N)c1N1CCC(CNC(=O)OC(C)(C)C)C1. The lowest BCUT2D eigenvalue weighted by molar-refractivity contribution is 0.0520. The second kappa shape index (κ2) is 6.42. The highest BCUT2D eigenvalue weighted by atomic mass is 16.6. The van der Waals surface area contributed by atoms with Crippen LogP contribution in [0.15, 0.2) is 12.4 Å². The Balaban J connectivity index is 1.87. The van der Waals surface area contributed by atoms with Gasteiger partial charge in [-0.05, 0) is 45.6 Å². The number of nitrogen functional groups attached to an aromatic ring is 1. The Morgan fingerprint density at radius 2 is 2.23 bits per heavy atom. The van der Waals surface area contributed by atoms with Crippen LogP contribution in [0.5, 0.6) is 0 Å². The number of ether oxygens (including phenoxy) is 1. The molecule has 0 aliphatic carbocycles. The molecule has 3 N–H and O–H groups in total. The first-order valence-corrected chi connectivity index (χ1v) is 7.68. The van der Waals surface area contributed by atoms with Crippen molar-refractivity contribution in [3.05, 3.63) is 18.0 Å². The van der Waals surface area contributed by atoms with E-state index in [-0.39, 0.29) is 6.09 Å². The molecule has 6 heteroatoms. The zero-order chi connectivity index (χ0) is 16.3. The van der Waals surface area contributed by atoms with Crippen molar-refractivity contribution < 1.29 is 9.53 Å². The molecular formula is C16H26N4O2. The molecule has 0 spiro atoms. The number of pyridine rings is 1. The summed E-state index contributed by atoms with van der Waals surface area (Å²) in [6, 6.07) is 0. The van der Waals surface area contributed by atoms with Crippen LogP contribution in [0.4, 0.5) is 16.2 Å². The molecule has 0 saturated carbocycles. The first-order chi connectivity index (χ1) is 10.3. The zero-order valence-electron chi connectivity index (χ0n) is 13.8. The molecule has 122 valence electrons. The molecular weight excluding hydrogens is 280 g/mol. The van der Waals surface area contributed by atoms with Gasteiger partial charge in [-0.15, -0.1) is 0 Å². The van der Waals surface area contributed by atoms with Crippen LogP contribution in [-0.4, -0.2) is 36.3 Å². The van der Waals surface area contributed by atoms with Crippen molar-refractivity contribution in [3.8, 4) is 0 Å². The maximum Gasteiger partial charge on any atom is 0.407 e. The first-order valence-electron chi connectivity index (χ1n) is 7.68. The molecule has 1 atom stereocenters. The fraction of sp³-hybridized carbons (Fsp3) is 0.625. The number of nitrogens with two attached hydrogens (primary N) is 1. The molecule has 2 heterocycles. The third kappa shape index (κ3) is 4.26. The van der Waals surface area contributed by atoms with Gasteiger partial charge in [-0.1, -0.05) is 0 Å². The molecule has 1 aliphatic rings. The molecule has 1 amide bonds. The third-order valence-corrected chi connectivity index (χ3v) is 3.66. The number of nitrogens with one attached hydrogen (secondary N) is 1. The van der Waals surface area contributed by atoms with Gasteiger partial charge in [0.15, 0.2) is 0 Å². The smallest absolute Gasteiger partial charge is 0.407 e. The Morgan fingerprint density at radius 1 is 1.50 bits per heavy atom. The Bertz CT molecular complexity index is 519. The lowest BCUT2D eigenvalue weighted by Gasteiger charge is -2.23. The van der Waals surface area contributed by atoms with Gasteiger partial charge in [-0.2, -0.15) is 0 Å². The maximum absolute atomic E-state index is 11.7. The van der Waals surface area contributed by atoms with E-state index in [1.807, 2.05) is 33.9 Å². The van der Waals surface area contributed by atoms with E-state index in [2.05, 4.69) is 15.2 Å². The molecule has 1 fully saturated rings. The number of hydrogen-bond donors (Lipinski definition) is 2. The molecule has 0 radical (unpaired) electrons. The number of aromatic nitrogens is 1.